The molecule has 0 saturated heterocycles. The Morgan fingerprint density at radius 1 is 1.05 bits per heavy atom. The number of benzene rings is 2. The number of aromatic hydroxyl groups is 1. The molecule has 2 aromatic rings. The topological polar surface area (TPSA) is 55.8 Å². The van der Waals surface area contributed by atoms with Gasteiger partial charge in [-0.1, -0.05) is 12.1 Å². The van der Waals surface area contributed by atoms with Crippen LogP contribution in [0, 0.1) is 13.8 Å². The molecule has 0 aromatic heterocycles. The van der Waals surface area contributed by atoms with Crippen LogP contribution >= 0.6 is 0 Å². The zero-order valence-corrected chi connectivity index (χ0v) is 13.1. The van der Waals surface area contributed by atoms with Crippen molar-refractivity contribution < 1.29 is 19.4 Å². The molecule has 0 aliphatic heterocycles. The number of phenolic OH excluding ortho intramolecular Hbond substituents is 1. The van der Waals surface area contributed by atoms with Crippen molar-refractivity contribution in [2.75, 3.05) is 13.2 Å². The molecule has 4 heteroatoms. The zero-order valence-electron chi connectivity index (χ0n) is 13.1. The summed E-state index contributed by atoms with van der Waals surface area (Å²) in [5, 5.41) is 9.59. The smallest absolute Gasteiger partial charge is 0.344 e. The quantitative estimate of drug-likeness (QED) is 0.857. The van der Waals surface area contributed by atoms with Gasteiger partial charge in [-0.15, -0.1) is 0 Å². The molecule has 0 fully saturated rings. The fourth-order valence-electron chi connectivity index (χ4n) is 2.17. The van der Waals surface area contributed by atoms with Gasteiger partial charge in [0.2, 0.25) is 0 Å². The Morgan fingerprint density at radius 2 is 1.68 bits per heavy atom. The van der Waals surface area contributed by atoms with Crippen LogP contribution < -0.4 is 4.74 Å². The van der Waals surface area contributed by atoms with Crippen LogP contribution in [-0.2, 0) is 9.53 Å². The van der Waals surface area contributed by atoms with E-state index in [9.17, 15) is 9.90 Å². The van der Waals surface area contributed by atoms with Gasteiger partial charge in [0.05, 0.1) is 6.61 Å². The van der Waals surface area contributed by atoms with E-state index in [-0.39, 0.29) is 18.3 Å². The predicted molar refractivity (Wildman–Crippen MR) is 85.1 cm³/mol. The Balaban J connectivity index is 2.15. The van der Waals surface area contributed by atoms with E-state index < -0.39 is 0 Å². The van der Waals surface area contributed by atoms with Crippen LogP contribution in [0.2, 0.25) is 0 Å². The minimum Gasteiger partial charge on any atom is -0.508 e. The highest BCUT2D eigenvalue weighted by Crippen LogP contribution is 2.29. The van der Waals surface area contributed by atoms with E-state index in [0.717, 1.165) is 22.3 Å². The highest BCUT2D eigenvalue weighted by Gasteiger charge is 2.07. The molecule has 22 heavy (non-hydrogen) atoms. The summed E-state index contributed by atoms with van der Waals surface area (Å²) in [4.78, 5) is 11.3. The molecule has 0 aliphatic rings. The lowest BCUT2D eigenvalue weighted by molar-refractivity contribution is -0.145. The number of esters is 1. The molecular weight excluding hydrogens is 280 g/mol. The molecular formula is C18H20O4. The van der Waals surface area contributed by atoms with Crippen molar-refractivity contribution in [3.05, 3.63) is 47.5 Å². The second-order valence-corrected chi connectivity index (χ2v) is 5.08. The van der Waals surface area contributed by atoms with Crippen molar-refractivity contribution in [2.45, 2.75) is 20.8 Å². The lowest BCUT2D eigenvalue weighted by atomic mass is 10.0. The van der Waals surface area contributed by atoms with Gasteiger partial charge in [0.25, 0.3) is 0 Å². The Labute approximate surface area is 130 Å². The van der Waals surface area contributed by atoms with Crippen LogP contribution in [0.5, 0.6) is 11.5 Å². The van der Waals surface area contributed by atoms with Gasteiger partial charge in [-0.2, -0.15) is 0 Å². The number of rotatable bonds is 5. The summed E-state index contributed by atoms with van der Waals surface area (Å²) in [7, 11) is 0. The molecule has 4 nitrogen and oxygen atoms in total. The minimum absolute atomic E-state index is 0.0909. The third kappa shape index (κ3) is 3.79. The molecule has 0 radical (unpaired) electrons. The summed E-state index contributed by atoms with van der Waals surface area (Å²) in [6.45, 7) is 5.81. The number of ether oxygens (including phenoxy) is 2. The van der Waals surface area contributed by atoms with Crippen molar-refractivity contribution in [3.8, 4) is 22.6 Å². The van der Waals surface area contributed by atoms with Gasteiger partial charge in [-0.05, 0) is 67.3 Å². The van der Waals surface area contributed by atoms with Crippen molar-refractivity contribution in [2.24, 2.45) is 0 Å². The van der Waals surface area contributed by atoms with E-state index in [2.05, 4.69) is 0 Å². The Bertz CT molecular complexity index is 677. The summed E-state index contributed by atoms with van der Waals surface area (Å²) < 4.78 is 10.3. The van der Waals surface area contributed by atoms with Crippen LogP contribution in [0.3, 0.4) is 0 Å². The summed E-state index contributed by atoms with van der Waals surface area (Å²) >= 11 is 0. The van der Waals surface area contributed by atoms with Crippen molar-refractivity contribution in [1.82, 2.24) is 0 Å². The SMILES string of the molecule is CCOC(=O)COc1ccc(-c2ccc(O)c(C)c2)cc1C. The molecule has 0 heterocycles. The van der Waals surface area contributed by atoms with Crippen LogP contribution in [-0.4, -0.2) is 24.3 Å². The first-order chi connectivity index (χ1) is 10.5. The molecule has 1 N–H and O–H groups in total. The fraction of sp³-hybridized carbons (Fsp3) is 0.278. The van der Waals surface area contributed by atoms with E-state index >= 15 is 0 Å². The van der Waals surface area contributed by atoms with Crippen LogP contribution in [0.4, 0.5) is 0 Å². The van der Waals surface area contributed by atoms with E-state index in [1.54, 1.807) is 13.0 Å². The highest BCUT2D eigenvalue weighted by molar-refractivity contribution is 5.71. The van der Waals surface area contributed by atoms with Crippen molar-refractivity contribution in [3.63, 3.8) is 0 Å². The molecule has 0 bridgehead atoms. The molecule has 116 valence electrons. The second-order valence-electron chi connectivity index (χ2n) is 5.08. The lowest BCUT2D eigenvalue weighted by Gasteiger charge is -2.11. The molecule has 2 aromatic carbocycles. The molecule has 0 amide bonds. The number of phenols is 1. The third-order valence-electron chi connectivity index (χ3n) is 3.36. The average Bonchev–Trinajstić information content (AvgIpc) is 2.49. The first-order valence-corrected chi connectivity index (χ1v) is 7.20. The molecule has 0 spiro atoms. The van der Waals surface area contributed by atoms with E-state index in [4.69, 9.17) is 9.47 Å². The maximum Gasteiger partial charge on any atom is 0.344 e. The number of carbonyl (C=O) groups is 1. The average molecular weight is 300 g/mol. The van der Waals surface area contributed by atoms with Gasteiger partial charge in [-0.25, -0.2) is 4.79 Å². The summed E-state index contributed by atoms with van der Waals surface area (Å²) in [5.74, 6) is 0.572. The van der Waals surface area contributed by atoms with E-state index in [1.807, 2.05) is 44.2 Å². The second kappa shape index (κ2) is 6.98. The van der Waals surface area contributed by atoms with E-state index in [1.165, 1.54) is 0 Å². The summed E-state index contributed by atoms with van der Waals surface area (Å²) in [6.07, 6.45) is 0. The Kier molecular flexibility index (Phi) is 5.04. The number of aryl methyl sites for hydroxylation is 2. The third-order valence-corrected chi connectivity index (χ3v) is 3.36. The van der Waals surface area contributed by atoms with Crippen LogP contribution in [0.15, 0.2) is 36.4 Å². The van der Waals surface area contributed by atoms with Crippen molar-refractivity contribution >= 4 is 5.97 Å². The highest BCUT2D eigenvalue weighted by atomic mass is 16.6. The minimum atomic E-state index is -0.375. The van der Waals surface area contributed by atoms with Gasteiger partial charge >= 0.3 is 5.97 Å². The maximum atomic E-state index is 11.3. The van der Waals surface area contributed by atoms with Gasteiger partial charge in [0.1, 0.15) is 11.5 Å². The largest absolute Gasteiger partial charge is 0.508 e. The monoisotopic (exact) mass is 300 g/mol. The van der Waals surface area contributed by atoms with Crippen molar-refractivity contribution in [1.29, 1.82) is 0 Å². The van der Waals surface area contributed by atoms with Gasteiger partial charge in [0.15, 0.2) is 6.61 Å². The summed E-state index contributed by atoms with van der Waals surface area (Å²) in [5.41, 5.74) is 3.82. The maximum absolute atomic E-state index is 11.3. The summed E-state index contributed by atoms with van der Waals surface area (Å²) in [6, 6.07) is 11.3. The fourth-order valence-corrected chi connectivity index (χ4v) is 2.17. The Morgan fingerprint density at radius 3 is 2.27 bits per heavy atom. The first kappa shape index (κ1) is 15.9. The number of hydrogen-bond acceptors (Lipinski definition) is 4. The normalized spacial score (nSPS) is 10.3. The first-order valence-electron chi connectivity index (χ1n) is 7.20. The van der Waals surface area contributed by atoms with Gasteiger partial charge in [-0.3, -0.25) is 0 Å². The molecule has 0 saturated carbocycles. The zero-order chi connectivity index (χ0) is 16.1. The molecule has 0 unspecified atom stereocenters. The standard InChI is InChI=1S/C18H20O4/c1-4-21-18(20)11-22-17-8-6-15(10-13(17)3)14-5-7-16(19)12(2)9-14/h5-10,19H,4,11H2,1-3H3. The lowest BCUT2D eigenvalue weighted by Crippen LogP contribution is -2.14. The molecule has 0 aliphatic carbocycles. The van der Waals surface area contributed by atoms with Crippen LogP contribution in [0.25, 0.3) is 11.1 Å². The van der Waals surface area contributed by atoms with E-state index in [0.29, 0.717) is 12.4 Å². The molecule has 0 atom stereocenters. The van der Waals surface area contributed by atoms with Gasteiger partial charge < -0.3 is 14.6 Å². The Hall–Kier alpha value is -2.49. The molecule has 2 rings (SSSR count). The van der Waals surface area contributed by atoms with Gasteiger partial charge in [0, 0.05) is 0 Å². The number of carbonyl (C=O) groups excluding carboxylic acids is 1. The number of hydrogen-bond donors (Lipinski definition) is 1. The predicted octanol–water partition coefficient (Wildman–Crippen LogP) is 3.62. The van der Waals surface area contributed by atoms with Crippen LogP contribution in [0.1, 0.15) is 18.1 Å².